The third kappa shape index (κ3) is 3.21. The van der Waals surface area contributed by atoms with E-state index in [-0.39, 0.29) is 17.0 Å². The van der Waals surface area contributed by atoms with Crippen molar-refractivity contribution in [3.63, 3.8) is 0 Å². The molecule has 0 spiro atoms. The molecule has 0 bridgehead atoms. The standard InChI is InChI=1S/C17H24N6O2S/c1-12-10-20-22(2)17(12)26(24,25)21-14-7-13(8-14)15-9-16(19-11-18-15)23-5-3-4-6-23/h9-11,13-14,21H,3-8H2,1-2H3. The van der Waals surface area contributed by atoms with E-state index in [0.29, 0.717) is 5.56 Å². The van der Waals surface area contributed by atoms with Crippen LogP contribution in [0, 0.1) is 6.92 Å². The maximum absolute atomic E-state index is 12.6. The van der Waals surface area contributed by atoms with Crippen LogP contribution in [0.4, 0.5) is 5.82 Å². The predicted molar refractivity (Wildman–Crippen MR) is 97.5 cm³/mol. The first-order chi connectivity index (χ1) is 12.4. The van der Waals surface area contributed by atoms with Gasteiger partial charge in [0.15, 0.2) is 5.03 Å². The van der Waals surface area contributed by atoms with Gasteiger partial charge in [-0.25, -0.2) is 23.1 Å². The monoisotopic (exact) mass is 376 g/mol. The normalized spacial score (nSPS) is 23.2. The highest BCUT2D eigenvalue weighted by molar-refractivity contribution is 7.89. The molecule has 1 aliphatic carbocycles. The highest BCUT2D eigenvalue weighted by Gasteiger charge is 2.36. The summed E-state index contributed by atoms with van der Waals surface area (Å²) in [5.41, 5.74) is 1.66. The Kier molecular flexibility index (Phi) is 4.44. The van der Waals surface area contributed by atoms with Crippen molar-refractivity contribution >= 4 is 15.8 Å². The summed E-state index contributed by atoms with van der Waals surface area (Å²) in [7, 11) is -1.91. The largest absolute Gasteiger partial charge is 0.357 e. The smallest absolute Gasteiger partial charge is 0.258 e. The van der Waals surface area contributed by atoms with E-state index in [4.69, 9.17) is 0 Å². The van der Waals surface area contributed by atoms with Crippen LogP contribution in [-0.2, 0) is 17.1 Å². The summed E-state index contributed by atoms with van der Waals surface area (Å²) in [4.78, 5) is 11.1. The van der Waals surface area contributed by atoms with Crippen molar-refractivity contribution < 1.29 is 8.42 Å². The summed E-state index contributed by atoms with van der Waals surface area (Å²) in [5, 5.41) is 4.25. The zero-order valence-corrected chi connectivity index (χ0v) is 15.9. The molecule has 2 fully saturated rings. The maximum Gasteiger partial charge on any atom is 0.258 e. The first-order valence-corrected chi connectivity index (χ1v) is 10.5. The molecule has 2 aromatic rings. The van der Waals surface area contributed by atoms with E-state index in [9.17, 15) is 8.42 Å². The lowest BCUT2D eigenvalue weighted by molar-refractivity contribution is 0.320. The zero-order chi connectivity index (χ0) is 18.3. The van der Waals surface area contributed by atoms with Crippen LogP contribution in [0.2, 0.25) is 0 Å². The molecule has 0 amide bonds. The molecule has 0 aromatic carbocycles. The van der Waals surface area contributed by atoms with Crippen LogP contribution in [0.3, 0.4) is 0 Å². The van der Waals surface area contributed by atoms with Gasteiger partial charge in [-0.15, -0.1) is 0 Å². The average molecular weight is 376 g/mol. The molecule has 1 aliphatic heterocycles. The summed E-state index contributed by atoms with van der Waals surface area (Å²) in [6, 6.07) is 2.00. The fraction of sp³-hybridized carbons (Fsp3) is 0.588. The third-order valence-electron chi connectivity index (χ3n) is 5.29. The Bertz CT molecular complexity index is 878. The molecular formula is C17H24N6O2S. The fourth-order valence-corrected chi connectivity index (χ4v) is 5.47. The number of hydrogen-bond acceptors (Lipinski definition) is 6. The molecule has 1 N–H and O–H groups in total. The van der Waals surface area contributed by atoms with E-state index in [1.807, 2.05) is 0 Å². The topological polar surface area (TPSA) is 93.0 Å². The van der Waals surface area contributed by atoms with Gasteiger partial charge in [0.25, 0.3) is 10.0 Å². The molecule has 26 heavy (non-hydrogen) atoms. The fourth-order valence-electron chi connectivity index (χ4n) is 3.86. The van der Waals surface area contributed by atoms with Gasteiger partial charge in [0.1, 0.15) is 12.1 Å². The summed E-state index contributed by atoms with van der Waals surface area (Å²) in [5.74, 6) is 1.27. The zero-order valence-electron chi connectivity index (χ0n) is 15.1. The lowest BCUT2D eigenvalue weighted by Crippen LogP contribution is -2.44. The summed E-state index contributed by atoms with van der Waals surface area (Å²) in [6.45, 7) is 3.85. The number of rotatable bonds is 5. The minimum atomic E-state index is -3.56. The van der Waals surface area contributed by atoms with Gasteiger partial charge in [-0.2, -0.15) is 5.10 Å². The molecular weight excluding hydrogens is 352 g/mol. The minimum Gasteiger partial charge on any atom is -0.357 e. The van der Waals surface area contributed by atoms with Crippen LogP contribution in [0.15, 0.2) is 23.6 Å². The molecule has 0 radical (unpaired) electrons. The van der Waals surface area contributed by atoms with Gasteiger partial charge in [-0.1, -0.05) is 0 Å². The van der Waals surface area contributed by atoms with Crippen LogP contribution in [-0.4, -0.2) is 47.3 Å². The maximum atomic E-state index is 12.6. The van der Waals surface area contributed by atoms with Crippen molar-refractivity contribution in [2.24, 2.45) is 7.05 Å². The van der Waals surface area contributed by atoms with E-state index in [2.05, 4.69) is 30.8 Å². The van der Waals surface area contributed by atoms with Gasteiger partial charge in [-0.3, -0.25) is 4.68 Å². The first kappa shape index (κ1) is 17.4. The van der Waals surface area contributed by atoms with E-state index in [1.165, 1.54) is 17.5 Å². The first-order valence-electron chi connectivity index (χ1n) is 9.02. The van der Waals surface area contributed by atoms with Gasteiger partial charge in [0.2, 0.25) is 0 Å². The third-order valence-corrected chi connectivity index (χ3v) is 7.03. The van der Waals surface area contributed by atoms with E-state index < -0.39 is 10.0 Å². The molecule has 3 heterocycles. The molecule has 2 aromatic heterocycles. The van der Waals surface area contributed by atoms with Gasteiger partial charge < -0.3 is 4.90 Å². The van der Waals surface area contributed by atoms with Crippen molar-refractivity contribution in [1.82, 2.24) is 24.5 Å². The Morgan fingerprint density at radius 1 is 1.19 bits per heavy atom. The molecule has 1 saturated heterocycles. The Labute approximate surface area is 153 Å². The van der Waals surface area contributed by atoms with Crippen molar-refractivity contribution in [2.75, 3.05) is 18.0 Å². The predicted octanol–water partition coefficient (Wildman–Crippen LogP) is 1.34. The number of hydrogen-bond donors (Lipinski definition) is 1. The molecule has 140 valence electrons. The number of aromatic nitrogens is 4. The second kappa shape index (κ2) is 6.62. The van der Waals surface area contributed by atoms with E-state index in [1.54, 1.807) is 26.5 Å². The second-order valence-corrected chi connectivity index (χ2v) is 8.87. The quantitative estimate of drug-likeness (QED) is 0.847. The van der Waals surface area contributed by atoms with Crippen LogP contribution in [0.25, 0.3) is 0 Å². The van der Waals surface area contributed by atoms with Crippen molar-refractivity contribution in [3.05, 3.63) is 29.8 Å². The Hall–Kier alpha value is -2.00. The van der Waals surface area contributed by atoms with Crippen LogP contribution in [0.5, 0.6) is 0 Å². The molecule has 0 unspecified atom stereocenters. The van der Waals surface area contributed by atoms with Gasteiger partial charge >= 0.3 is 0 Å². The van der Waals surface area contributed by atoms with Crippen LogP contribution in [0.1, 0.15) is 42.9 Å². The van der Waals surface area contributed by atoms with Crippen molar-refractivity contribution in [3.8, 4) is 0 Å². The molecule has 1 saturated carbocycles. The van der Waals surface area contributed by atoms with Crippen molar-refractivity contribution in [2.45, 2.75) is 49.6 Å². The van der Waals surface area contributed by atoms with Crippen LogP contribution >= 0.6 is 0 Å². The molecule has 9 heteroatoms. The molecule has 0 atom stereocenters. The number of aryl methyl sites for hydroxylation is 2. The molecule has 8 nitrogen and oxygen atoms in total. The Balaban J connectivity index is 1.41. The highest BCUT2D eigenvalue weighted by Crippen LogP contribution is 2.37. The minimum absolute atomic E-state index is 0.0653. The number of anilines is 1. The van der Waals surface area contributed by atoms with Crippen molar-refractivity contribution in [1.29, 1.82) is 0 Å². The summed E-state index contributed by atoms with van der Waals surface area (Å²) < 4.78 is 29.4. The average Bonchev–Trinajstić information content (AvgIpc) is 3.21. The molecule has 2 aliphatic rings. The van der Waals surface area contributed by atoms with Gasteiger partial charge in [0, 0.05) is 49.4 Å². The SMILES string of the molecule is Cc1cnn(C)c1S(=O)(=O)NC1CC(c2cc(N3CCCC3)ncn2)C1. The van der Waals surface area contributed by atoms with Crippen LogP contribution < -0.4 is 9.62 Å². The van der Waals surface area contributed by atoms with E-state index >= 15 is 0 Å². The molecule has 4 rings (SSSR count). The Morgan fingerprint density at radius 2 is 1.92 bits per heavy atom. The number of nitrogens with zero attached hydrogens (tertiary/aromatic N) is 5. The second-order valence-electron chi connectivity index (χ2n) is 7.24. The van der Waals surface area contributed by atoms with Gasteiger partial charge in [0.05, 0.1) is 6.20 Å². The summed E-state index contributed by atoms with van der Waals surface area (Å²) in [6.07, 6.45) is 7.12. The Morgan fingerprint density at radius 3 is 2.58 bits per heavy atom. The lowest BCUT2D eigenvalue weighted by atomic mass is 9.78. The van der Waals surface area contributed by atoms with Gasteiger partial charge in [-0.05, 0) is 32.6 Å². The lowest BCUT2D eigenvalue weighted by Gasteiger charge is -2.35. The summed E-state index contributed by atoms with van der Waals surface area (Å²) >= 11 is 0. The van der Waals surface area contributed by atoms with E-state index in [0.717, 1.165) is 37.4 Å². The number of nitrogens with one attached hydrogen (secondary N) is 1. The number of sulfonamides is 1. The highest BCUT2D eigenvalue weighted by atomic mass is 32.2.